The van der Waals surface area contributed by atoms with E-state index in [1.54, 1.807) is 0 Å². The Balaban J connectivity index is 1.87. The zero-order chi connectivity index (χ0) is 15.2. The molecular weight excluding hydrogens is 328 g/mol. The molecule has 2 rings (SSSR count). The molecule has 0 aliphatic rings. The first kappa shape index (κ1) is 15.6. The number of carbonyl (C=O) groups excluding carboxylic acids is 1. The number of amides is 1. The van der Waals surface area contributed by atoms with E-state index in [0.717, 1.165) is 21.3 Å². The number of carbonyl (C=O) groups is 1. The summed E-state index contributed by atoms with van der Waals surface area (Å²) >= 11 is 3.44. The van der Waals surface area contributed by atoms with Gasteiger partial charge in [-0.2, -0.15) is 0 Å². The summed E-state index contributed by atoms with van der Waals surface area (Å²) in [4.78, 5) is 12.0. The lowest BCUT2D eigenvalue weighted by Crippen LogP contribution is -2.26. The molecule has 0 aromatic heterocycles. The van der Waals surface area contributed by atoms with E-state index in [9.17, 15) is 4.79 Å². The van der Waals surface area contributed by atoms with Crippen molar-refractivity contribution >= 4 is 27.5 Å². The molecule has 2 aromatic carbocycles. The third kappa shape index (κ3) is 4.90. The number of halogens is 1. The van der Waals surface area contributed by atoms with Crippen LogP contribution in [0.1, 0.15) is 30.5 Å². The van der Waals surface area contributed by atoms with E-state index in [1.165, 1.54) is 0 Å². The Bertz CT molecular complexity index is 628. The van der Waals surface area contributed by atoms with Crippen molar-refractivity contribution in [2.24, 2.45) is 0 Å². The van der Waals surface area contributed by atoms with Gasteiger partial charge < -0.3 is 11.1 Å². The molecule has 0 aliphatic carbocycles. The van der Waals surface area contributed by atoms with Crippen LogP contribution in [0.3, 0.4) is 0 Å². The van der Waals surface area contributed by atoms with Crippen LogP contribution in [-0.2, 0) is 11.2 Å². The van der Waals surface area contributed by atoms with Gasteiger partial charge in [0.25, 0.3) is 0 Å². The van der Waals surface area contributed by atoms with Crippen LogP contribution in [-0.4, -0.2) is 5.91 Å². The first-order valence-corrected chi connectivity index (χ1v) is 7.73. The average Bonchev–Trinajstić information content (AvgIpc) is 2.45. The van der Waals surface area contributed by atoms with Crippen LogP contribution in [0.5, 0.6) is 0 Å². The van der Waals surface area contributed by atoms with Gasteiger partial charge >= 0.3 is 0 Å². The summed E-state index contributed by atoms with van der Waals surface area (Å²) in [7, 11) is 0. The molecule has 1 amide bonds. The Kier molecular flexibility index (Phi) is 5.39. The van der Waals surface area contributed by atoms with Gasteiger partial charge in [0.2, 0.25) is 5.91 Å². The summed E-state index contributed by atoms with van der Waals surface area (Å²) < 4.78 is 1.01. The van der Waals surface area contributed by atoms with E-state index < -0.39 is 0 Å². The van der Waals surface area contributed by atoms with Gasteiger partial charge in [0.05, 0.1) is 6.04 Å². The van der Waals surface area contributed by atoms with Gasteiger partial charge in [-0.05, 0) is 48.7 Å². The molecule has 1 atom stereocenters. The summed E-state index contributed by atoms with van der Waals surface area (Å²) in [5.74, 6) is 0.0462. The molecule has 0 saturated carbocycles. The van der Waals surface area contributed by atoms with Crippen LogP contribution in [0.2, 0.25) is 0 Å². The molecule has 0 unspecified atom stereocenters. The van der Waals surface area contributed by atoms with Crippen molar-refractivity contribution < 1.29 is 4.79 Å². The van der Waals surface area contributed by atoms with Crippen LogP contribution < -0.4 is 11.1 Å². The second-order valence-electron chi connectivity index (χ2n) is 5.09. The number of hydrogen-bond acceptors (Lipinski definition) is 2. The minimum Gasteiger partial charge on any atom is -0.399 e. The molecule has 0 bridgehead atoms. The lowest BCUT2D eigenvalue weighted by atomic mass is 10.1. The smallest absolute Gasteiger partial charge is 0.220 e. The fraction of sp³-hybridized carbons (Fsp3) is 0.235. The minimum atomic E-state index is -0.00385. The van der Waals surface area contributed by atoms with Gasteiger partial charge in [0.15, 0.2) is 0 Å². The number of aryl methyl sites for hydroxylation is 1. The minimum absolute atomic E-state index is 0.00385. The van der Waals surface area contributed by atoms with E-state index in [2.05, 4.69) is 21.2 Å². The highest BCUT2D eigenvalue weighted by Gasteiger charge is 2.09. The molecule has 4 heteroatoms. The lowest BCUT2D eigenvalue weighted by molar-refractivity contribution is -0.121. The van der Waals surface area contributed by atoms with Gasteiger partial charge in [-0.25, -0.2) is 0 Å². The molecule has 0 heterocycles. The Labute approximate surface area is 133 Å². The standard InChI is InChI=1S/C17H19BrN2O/c1-12(14-5-3-6-15(18)11-14)20-17(21)9-8-13-4-2-7-16(19)10-13/h2-7,10-12H,8-9,19H2,1H3,(H,20,21)/t12-/m1/s1. The molecule has 3 nitrogen and oxygen atoms in total. The zero-order valence-electron chi connectivity index (χ0n) is 12.0. The fourth-order valence-electron chi connectivity index (χ4n) is 2.18. The van der Waals surface area contributed by atoms with E-state index in [-0.39, 0.29) is 11.9 Å². The molecule has 0 fully saturated rings. The van der Waals surface area contributed by atoms with Crippen molar-refractivity contribution in [1.82, 2.24) is 5.32 Å². The summed E-state index contributed by atoms with van der Waals surface area (Å²) in [5.41, 5.74) is 8.63. The highest BCUT2D eigenvalue weighted by atomic mass is 79.9. The molecule has 0 aliphatic heterocycles. The Morgan fingerprint density at radius 1 is 1.24 bits per heavy atom. The third-order valence-corrected chi connectivity index (χ3v) is 3.81. The SMILES string of the molecule is C[C@@H](NC(=O)CCc1cccc(N)c1)c1cccc(Br)c1. The Hall–Kier alpha value is -1.81. The third-order valence-electron chi connectivity index (χ3n) is 3.32. The van der Waals surface area contributed by atoms with E-state index in [1.807, 2.05) is 55.5 Å². The first-order valence-electron chi connectivity index (χ1n) is 6.94. The maximum Gasteiger partial charge on any atom is 0.220 e. The van der Waals surface area contributed by atoms with Gasteiger partial charge in [-0.3, -0.25) is 4.79 Å². The van der Waals surface area contributed by atoms with Gasteiger partial charge in [-0.1, -0.05) is 40.2 Å². The summed E-state index contributed by atoms with van der Waals surface area (Å²) in [6.45, 7) is 1.99. The first-order chi connectivity index (χ1) is 10.0. The molecule has 21 heavy (non-hydrogen) atoms. The second-order valence-corrected chi connectivity index (χ2v) is 6.00. The van der Waals surface area contributed by atoms with E-state index >= 15 is 0 Å². The number of anilines is 1. The van der Waals surface area contributed by atoms with Gasteiger partial charge in [0.1, 0.15) is 0 Å². The number of nitrogens with one attached hydrogen (secondary N) is 1. The van der Waals surface area contributed by atoms with Crippen molar-refractivity contribution in [2.75, 3.05) is 5.73 Å². The van der Waals surface area contributed by atoms with Crippen LogP contribution in [0.15, 0.2) is 53.0 Å². The molecule has 0 saturated heterocycles. The molecule has 3 N–H and O–H groups in total. The van der Waals surface area contributed by atoms with Crippen LogP contribution in [0.4, 0.5) is 5.69 Å². The van der Waals surface area contributed by atoms with Crippen molar-refractivity contribution in [3.8, 4) is 0 Å². The molecule has 110 valence electrons. The maximum absolute atomic E-state index is 12.0. The van der Waals surface area contributed by atoms with Crippen LogP contribution in [0.25, 0.3) is 0 Å². The van der Waals surface area contributed by atoms with Gasteiger partial charge in [-0.15, -0.1) is 0 Å². The summed E-state index contributed by atoms with van der Waals surface area (Å²) in [5, 5.41) is 3.02. The quantitative estimate of drug-likeness (QED) is 0.808. The predicted octanol–water partition coefficient (Wildman–Crippen LogP) is 3.84. The van der Waals surface area contributed by atoms with Gasteiger partial charge in [0, 0.05) is 16.6 Å². The highest BCUT2D eigenvalue weighted by Crippen LogP contribution is 2.18. The Morgan fingerprint density at radius 3 is 2.71 bits per heavy atom. The van der Waals surface area contributed by atoms with E-state index in [0.29, 0.717) is 12.8 Å². The lowest BCUT2D eigenvalue weighted by Gasteiger charge is -2.14. The largest absolute Gasteiger partial charge is 0.399 e. The second kappa shape index (κ2) is 7.27. The topological polar surface area (TPSA) is 55.1 Å². The number of nitrogen functional groups attached to an aromatic ring is 1. The van der Waals surface area contributed by atoms with Crippen molar-refractivity contribution in [3.63, 3.8) is 0 Å². The maximum atomic E-state index is 12.0. The fourth-order valence-corrected chi connectivity index (χ4v) is 2.60. The number of benzene rings is 2. The van der Waals surface area contributed by atoms with E-state index in [4.69, 9.17) is 5.73 Å². The summed E-state index contributed by atoms with van der Waals surface area (Å²) in [6.07, 6.45) is 1.16. The van der Waals surface area contributed by atoms with Crippen molar-refractivity contribution in [1.29, 1.82) is 0 Å². The summed E-state index contributed by atoms with van der Waals surface area (Å²) in [6, 6.07) is 15.6. The Morgan fingerprint density at radius 2 is 2.00 bits per heavy atom. The monoisotopic (exact) mass is 346 g/mol. The average molecular weight is 347 g/mol. The normalized spacial score (nSPS) is 11.9. The number of rotatable bonds is 5. The van der Waals surface area contributed by atoms with Crippen molar-refractivity contribution in [2.45, 2.75) is 25.8 Å². The van der Waals surface area contributed by atoms with Crippen LogP contribution >= 0.6 is 15.9 Å². The number of hydrogen-bond donors (Lipinski definition) is 2. The predicted molar refractivity (Wildman–Crippen MR) is 89.9 cm³/mol. The highest BCUT2D eigenvalue weighted by molar-refractivity contribution is 9.10. The molecule has 0 radical (unpaired) electrons. The zero-order valence-corrected chi connectivity index (χ0v) is 13.6. The van der Waals surface area contributed by atoms with Crippen LogP contribution in [0, 0.1) is 0 Å². The molecule has 0 spiro atoms. The van der Waals surface area contributed by atoms with Crippen molar-refractivity contribution in [3.05, 3.63) is 64.1 Å². The molecular formula is C17H19BrN2O. The number of nitrogens with two attached hydrogens (primary N) is 1. The molecule has 2 aromatic rings.